The van der Waals surface area contributed by atoms with E-state index in [0.29, 0.717) is 30.6 Å². The molecule has 0 saturated heterocycles. The van der Waals surface area contributed by atoms with E-state index in [2.05, 4.69) is 28.8 Å². The van der Waals surface area contributed by atoms with Crippen molar-refractivity contribution in [2.24, 2.45) is 0 Å². The Hall–Kier alpha value is -2.60. The fourth-order valence-corrected chi connectivity index (χ4v) is 7.88. The molecule has 2 aromatic heterocycles. The van der Waals surface area contributed by atoms with Gasteiger partial charge < -0.3 is 29.4 Å². The maximum absolute atomic E-state index is 13.0. The van der Waals surface area contributed by atoms with Crippen molar-refractivity contribution in [3.63, 3.8) is 0 Å². The van der Waals surface area contributed by atoms with Gasteiger partial charge in [-0.05, 0) is 12.8 Å². The molecule has 2 rings (SSSR count). The largest absolute Gasteiger partial charge is 0.463 e. The topological polar surface area (TPSA) is 178 Å². The normalized spacial score (nSPS) is 12.7. The highest BCUT2D eigenvalue weighted by molar-refractivity contribution is 7.52. The summed E-state index contributed by atoms with van der Waals surface area (Å²) in [5.74, 6) is -0.564. The van der Waals surface area contributed by atoms with Gasteiger partial charge >= 0.3 is 19.5 Å². The first-order valence-corrected chi connectivity index (χ1v) is 24.3. The Kier molecular flexibility index (Phi) is 29.5. The Morgan fingerprint density at radius 1 is 0.667 bits per heavy atom. The molecule has 14 heteroatoms. The van der Waals surface area contributed by atoms with Gasteiger partial charge in [-0.2, -0.15) is 0 Å². The lowest BCUT2D eigenvalue weighted by molar-refractivity contribution is -0.151. The van der Waals surface area contributed by atoms with Crippen LogP contribution in [0.4, 0.5) is 5.82 Å². The third kappa shape index (κ3) is 26.2. The van der Waals surface area contributed by atoms with Crippen LogP contribution in [0.2, 0.25) is 0 Å². The van der Waals surface area contributed by atoms with E-state index in [0.717, 1.165) is 25.7 Å². The lowest BCUT2D eigenvalue weighted by Crippen LogP contribution is -2.28. The summed E-state index contributed by atoms with van der Waals surface area (Å²) in [5, 5.41) is 0. The summed E-state index contributed by atoms with van der Waals surface area (Å²) in [7, 11) is -4.31. The second-order valence-corrected chi connectivity index (χ2v) is 17.4. The van der Waals surface area contributed by atoms with Gasteiger partial charge in [-0.25, -0.2) is 15.0 Å². The molecule has 0 bridgehead atoms. The smallest absolute Gasteiger partial charge is 0.354 e. The zero-order valence-electron chi connectivity index (χ0n) is 35.7. The fraction of sp³-hybridized carbons (Fsp3) is 0.837. The number of ether oxygens (including phenoxy) is 3. The quantitative estimate of drug-likeness (QED) is 0.0371. The first kappa shape index (κ1) is 50.5. The molecule has 0 aliphatic carbocycles. The second-order valence-electron chi connectivity index (χ2n) is 15.6. The van der Waals surface area contributed by atoms with Crippen LogP contribution in [0.3, 0.4) is 0 Å². The number of fused-ring (bicyclic) bond motifs is 1. The van der Waals surface area contributed by atoms with E-state index in [1.165, 1.54) is 135 Å². The number of hydrogen-bond acceptors (Lipinski definition) is 11. The monoisotopic (exact) mass is 824 g/mol. The van der Waals surface area contributed by atoms with Gasteiger partial charge in [0.05, 0.1) is 12.9 Å². The standard InChI is InChI=1S/C43H78N5O8P/c1-3-5-7-9-11-13-15-17-19-21-23-25-27-29-39(49)54-33-38(34-55-40(50)30-28-26-24-22-20-18-16-14-12-10-8-6-4-2)56-57(51,52)37-53-32-31-48-36-47-41-42(44)45-35-46-43(41)48/h35-36,38H,3-34,37H2,1-2H3,(H,51,52)(H2,44,45,46). The Balaban J connectivity index is 1.69. The molecular formula is C43H78N5O8P. The average Bonchev–Trinajstić information content (AvgIpc) is 3.62. The summed E-state index contributed by atoms with van der Waals surface area (Å²) in [6.45, 7) is 4.23. The summed E-state index contributed by atoms with van der Waals surface area (Å²) in [6, 6.07) is 0. The molecule has 13 nitrogen and oxygen atoms in total. The van der Waals surface area contributed by atoms with Gasteiger partial charge in [-0.15, -0.1) is 0 Å². The van der Waals surface area contributed by atoms with Gasteiger partial charge in [0.2, 0.25) is 0 Å². The van der Waals surface area contributed by atoms with Crippen LogP contribution in [0.25, 0.3) is 11.2 Å². The number of unbranched alkanes of at least 4 members (excludes halogenated alkanes) is 24. The van der Waals surface area contributed by atoms with Gasteiger partial charge in [0.15, 0.2) is 11.5 Å². The van der Waals surface area contributed by atoms with Crippen LogP contribution in [0.5, 0.6) is 0 Å². The summed E-state index contributed by atoms with van der Waals surface area (Å²) >= 11 is 0. The molecule has 1 unspecified atom stereocenters. The van der Waals surface area contributed by atoms with Gasteiger partial charge in [0.25, 0.3) is 0 Å². The van der Waals surface area contributed by atoms with Crippen molar-refractivity contribution < 1.29 is 37.8 Å². The average molecular weight is 824 g/mol. The predicted molar refractivity (Wildman–Crippen MR) is 228 cm³/mol. The van der Waals surface area contributed by atoms with Crippen molar-refractivity contribution in [3.8, 4) is 0 Å². The van der Waals surface area contributed by atoms with E-state index >= 15 is 0 Å². The van der Waals surface area contributed by atoms with Gasteiger partial charge in [0.1, 0.15) is 37.5 Å². The van der Waals surface area contributed by atoms with Gasteiger partial charge in [-0.1, -0.05) is 168 Å². The summed E-state index contributed by atoms with van der Waals surface area (Å²) in [5.41, 5.74) is 6.83. The minimum absolute atomic E-state index is 0.0656. The number of rotatable bonds is 39. The number of aromatic nitrogens is 4. The zero-order chi connectivity index (χ0) is 41.2. The molecular weight excluding hydrogens is 745 g/mol. The first-order chi connectivity index (χ1) is 27.8. The van der Waals surface area contributed by atoms with Crippen molar-refractivity contribution >= 4 is 36.5 Å². The number of esters is 2. The van der Waals surface area contributed by atoms with Crippen LogP contribution in [0, 0.1) is 0 Å². The zero-order valence-corrected chi connectivity index (χ0v) is 36.6. The molecule has 3 N–H and O–H groups in total. The van der Waals surface area contributed by atoms with Crippen molar-refractivity contribution in [1.29, 1.82) is 0 Å². The third-order valence-electron chi connectivity index (χ3n) is 10.3. The van der Waals surface area contributed by atoms with E-state index in [9.17, 15) is 19.0 Å². The van der Waals surface area contributed by atoms with Crippen molar-refractivity contribution in [2.75, 3.05) is 31.9 Å². The Bertz CT molecular complexity index is 1320. The Labute approximate surface area is 343 Å². The van der Waals surface area contributed by atoms with Crippen LogP contribution in [0.1, 0.15) is 194 Å². The predicted octanol–water partition coefficient (Wildman–Crippen LogP) is 11.0. The summed E-state index contributed by atoms with van der Waals surface area (Å²) in [4.78, 5) is 48.1. The number of anilines is 1. The molecule has 328 valence electrons. The van der Waals surface area contributed by atoms with E-state index < -0.39 is 32.0 Å². The van der Waals surface area contributed by atoms with E-state index in [1.807, 2.05) is 0 Å². The Morgan fingerprint density at radius 2 is 1.09 bits per heavy atom. The second kappa shape index (κ2) is 33.3. The highest BCUT2D eigenvalue weighted by Gasteiger charge is 2.28. The molecule has 0 spiro atoms. The number of imidazole rings is 1. The highest BCUT2D eigenvalue weighted by Crippen LogP contribution is 2.43. The number of nitrogens with two attached hydrogens (primary N) is 1. The van der Waals surface area contributed by atoms with E-state index in [4.69, 9.17) is 24.5 Å². The highest BCUT2D eigenvalue weighted by atomic mass is 31.2. The van der Waals surface area contributed by atoms with Crippen LogP contribution in [-0.4, -0.2) is 68.6 Å². The number of carbonyl (C=O) groups excluding carboxylic acids is 2. The van der Waals surface area contributed by atoms with Crippen molar-refractivity contribution in [2.45, 2.75) is 206 Å². The van der Waals surface area contributed by atoms with Gasteiger partial charge in [-0.3, -0.25) is 18.7 Å². The minimum atomic E-state index is -4.31. The molecule has 2 heterocycles. The lowest BCUT2D eigenvalue weighted by Gasteiger charge is -2.21. The number of carbonyl (C=O) groups is 2. The number of nitrogens with zero attached hydrogens (tertiary/aromatic N) is 4. The number of hydrogen-bond donors (Lipinski definition) is 2. The molecule has 0 fully saturated rings. The third-order valence-corrected chi connectivity index (χ3v) is 11.4. The SMILES string of the molecule is CCCCCCCCCCCCCCCC(=O)OCC(COC(=O)CCCCCCCCCCCCCCC)OP(=O)(O)COCCn1cnc2c(N)ncnc21. The molecule has 0 saturated carbocycles. The van der Waals surface area contributed by atoms with E-state index in [-0.39, 0.29) is 38.5 Å². The summed E-state index contributed by atoms with van der Waals surface area (Å²) < 4.78 is 36.6. The fourth-order valence-electron chi connectivity index (χ4n) is 6.87. The molecule has 0 amide bonds. The molecule has 0 aliphatic heterocycles. The molecule has 0 aliphatic rings. The maximum atomic E-state index is 13.0. The summed E-state index contributed by atoms with van der Waals surface area (Å²) in [6.07, 6.45) is 33.1. The molecule has 0 aromatic carbocycles. The number of nitrogen functional groups attached to an aromatic ring is 1. The first-order valence-electron chi connectivity index (χ1n) is 22.6. The Morgan fingerprint density at radius 3 is 1.53 bits per heavy atom. The van der Waals surface area contributed by atoms with Crippen molar-refractivity contribution in [3.05, 3.63) is 12.7 Å². The maximum Gasteiger partial charge on any atom is 0.354 e. The molecule has 57 heavy (non-hydrogen) atoms. The van der Waals surface area contributed by atoms with Crippen LogP contribution in [-0.2, 0) is 39.4 Å². The van der Waals surface area contributed by atoms with Crippen LogP contribution < -0.4 is 5.73 Å². The van der Waals surface area contributed by atoms with Gasteiger partial charge in [0, 0.05) is 19.4 Å². The molecule has 0 radical (unpaired) electrons. The van der Waals surface area contributed by atoms with E-state index in [1.54, 1.807) is 10.9 Å². The van der Waals surface area contributed by atoms with Crippen LogP contribution in [0.15, 0.2) is 12.7 Å². The van der Waals surface area contributed by atoms with Crippen LogP contribution >= 0.6 is 7.60 Å². The molecule has 2 aromatic rings. The lowest BCUT2D eigenvalue weighted by atomic mass is 10.0. The minimum Gasteiger partial charge on any atom is -0.463 e. The van der Waals surface area contributed by atoms with Crippen molar-refractivity contribution in [1.82, 2.24) is 19.5 Å². The molecule has 1 atom stereocenters.